The van der Waals surface area contributed by atoms with E-state index in [0.717, 1.165) is 25.9 Å². The number of benzene rings is 2. The molecule has 2 saturated heterocycles. The van der Waals surface area contributed by atoms with Gasteiger partial charge in [0, 0.05) is 29.2 Å². The van der Waals surface area contributed by atoms with Crippen molar-refractivity contribution in [1.82, 2.24) is 9.80 Å². The predicted molar refractivity (Wildman–Crippen MR) is 126 cm³/mol. The van der Waals surface area contributed by atoms with E-state index in [1.54, 1.807) is 42.5 Å². The highest BCUT2D eigenvalue weighted by Gasteiger charge is 2.47. The lowest BCUT2D eigenvalue weighted by Gasteiger charge is -2.28. The number of carbonyl (C=O) groups excluding carboxylic acids is 2. The van der Waals surface area contributed by atoms with Crippen LogP contribution in [0.4, 0.5) is 0 Å². The molecule has 2 aromatic carbocycles. The summed E-state index contributed by atoms with van der Waals surface area (Å²) >= 11 is 5.99. The fourth-order valence-corrected chi connectivity index (χ4v) is 4.71. The molecule has 2 aliphatic heterocycles. The van der Waals surface area contributed by atoms with Crippen LogP contribution in [0.3, 0.4) is 0 Å². The van der Waals surface area contributed by atoms with Gasteiger partial charge in [0.2, 0.25) is 0 Å². The Balaban J connectivity index is 1.84. The molecule has 2 aromatic rings. The van der Waals surface area contributed by atoms with E-state index in [2.05, 4.69) is 4.90 Å². The van der Waals surface area contributed by atoms with Crippen molar-refractivity contribution in [2.75, 3.05) is 40.4 Å². The number of rotatable bonds is 7. The minimum absolute atomic E-state index is 0.0234. The molecule has 1 atom stereocenters. The third kappa shape index (κ3) is 4.43. The Kier molecular flexibility index (Phi) is 6.91. The van der Waals surface area contributed by atoms with E-state index in [4.69, 9.17) is 21.1 Å². The molecule has 1 amide bonds. The number of likely N-dealkylation sites (tertiary alicyclic amines) is 2. The fraction of sp³-hybridized carbons (Fsp3) is 0.360. The molecule has 0 aromatic heterocycles. The number of Topliss-reactive ketones (excluding diaryl/α,β-unsaturated/α-hetero) is 1. The normalized spacial score (nSPS) is 20.5. The minimum atomic E-state index is -0.812. The van der Waals surface area contributed by atoms with Crippen LogP contribution < -0.4 is 9.47 Å². The standard InChI is InChI=1S/C25H27ClN2O5/c1-32-19-7-5-6-18(24(19)33-2)21-20(22(29)16-8-10-17(26)11-9-16)23(30)25(31)28(21)15-14-27-12-3-4-13-27/h5-11,21,29H,3-4,12-15H2,1-2H3/b22-20+. The Bertz CT molecular complexity index is 1080. The summed E-state index contributed by atoms with van der Waals surface area (Å²) in [6.07, 6.45) is 2.26. The summed E-state index contributed by atoms with van der Waals surface area (Å²) in [5, 5.41) is 11.7. The van der Waals surface area contributed by atoms with Crippen molar-refractivity contribution in [3.05, 3.63) is 64.2 Å². The Morgan fingerprint density at radius 1 is 1.03 bits per heavy atom. The van der Waals surface area contributed by atoms with Gasteiger partial charge >= 0.3 is 0 Å². The first-order chi connectivity index (χ1) is 16.0. The van der Waals surface area contributed by atoms with E-state index in [1.807, 2.05) is 0 Å². The zero-order chi connectivity index (χ0) is 23.5. The van der Waals surface area contributed by atoms with Crippen molar-refractivity contribution in [3.8, 4) is 11.5 Å². The molecule has 0 spiro atoms. The average Bonchev–Trinajstić information content (AvgIpc) is 3.43. The van der Waals surface area contributed by atoms with E-state index in [1.165, 1.54) is 19.1 Å². The van der Waals surface area contributed by atoms with E-state index < -0.39 is 17.7 Å². The van der Waals surface area contributed by atoms with Crippen molar-refractivity contribution in [1.29, 1.82) is 0 Å². The largest absolute Gasteiger partial charge is 0.507 e. The number of para-hydroxylation sites is 1. The molecular weight excluding hydrogens is 444 g/mol. The predicted octanol–water partition coefficient (Wildman–Crippen LogP) is 3.87. The number of ether oxygens (including phenoxy) is 2. The van der Waals surface area contributed by atoms with Crippen molar-refractivity contribution >= 4 is 29.1 Å². The molecule has 8 heteroatoms. The van der Waals surface area contributed by atoms with Gasteiger partial charge in [0.05, 0.1) is 25.8 Å². The monoisotopic (exact) mass is 470 g/mol. The molecule has 2 heterocycles. The topological polar surface area (TPSA) is 79.3 Å². The summed E-state index contributed by atoms with van der Waals surface area (Å²) in [6, 6.07) is 11.0. The summed E-state index contributed by atoms with van der Waals surface area (Å²) < 4.78 is 11.1. The Hall–Kier alpha value is -3.03. The number of methoxy groups -OCH3 is 2. The molecule has 0 aliphatic carbocycles. The Labute approximate surface area is 198 Å². The molecule has 4 rings (SSSR count). The van der Waals surface area contributed by atoms with Crippen molar-refractivity contribution < 1.29 is 24.2 Å². The van der Waals surface area contributed by atoms with Crippen LogP contribution in [0, 0.1) is 0 Å². The molecule has 1 N–H and O–H groups in total. The number of amides is 1. The zero-order valence-electron chi connectivity index (χ0n) is 18.7. The summed E-state index contributed by atoms with van der Waals surface area (Å²) in [5.41, 5.74) is 1.01. The molecule has 174 valence electrons. The van der Waals surface area contributed by atoms with Crippen LogP contribution >= 0.6 is 11.6 Å². The molecule has 33 heavy (non-hydrogen) atoms. The first-order valence-electron chi connectivity index (χ1n) is 10.9. The molecule has 1 unspecified atom stereocenters. The summed E-state index contributed by atoms with van der Waals surface area (Å²) in [5.74, 6) is -0.714. The smallest absolute Gasteiger partial charge is 0.295 e. The van der Waals surface area contributed by atoms with Crippen molar-refractivity contribution in [2.45, 2.75) is 18.9 Å². The summed E-state index contributed by atoms with van der Waals surface area (Å²) in [7, 11) is 3.04. The SMILES string of the molecule is COc1cccc(C2/C(=C(\O)c3ccc(Cl)cc3)C(=O)C(=O)N2CCN2CCCC2)c1OC. The van der Waals surface area contributed by atoms with Gasteiger partial charge in [-0.25, -0.2) is 0 Å². The minimum Gasteiger partial charge on any atom is -0.507 e. The maximum atomic E-state index is 13.2. The van der Waals surface area contributed by atoms with E-state index in [9.17, 15) is 14.7 Å². The van der Waals surface area contributed by atoms with E-state index >= 15 is 0 Å². The quantitative estimate of drug-likeness (QED) is 0.376. The molecule has 0 bridgehead atoms. The Morgan fingerprint density at radius 3 is 2.36 bits per heavy atom. The summed E-state index contributed by atoms with van der Waals surface area (Å²) in [4.78, 5) is 30.2. The third-order valence-electron chi connectivity index (χ3n) is 6.24. The Morgan fingerprint density at radius 2 is 1.73 bits per heavy atom. The lowest BCUT2D eigenvalue weighted by molar-refractivity contribution is -0.140. The van der Waals surface area contributed by atoms with Gasteiger partial charge in [0.25, 0.3) is 11.7 Å². The highest BCUT2D eigenvalue weighted by molar-refractivity contribution is 6.46. The van der Waals surface area contributed by atoms with Crippen LogP contribution in [-0.2, 0) is 9.59 Å². The second-order valence-corrected chi connectivity index (χ2v) is 8.57. The van der Waals surface area contributed by atoms with Gasteiger partial charge in [-0.3, -0.25) is 9.59 Å². The van der Waals surface area contributed by atoms with Crippen LogP contribution in [0.15, 0.2) is 48.0 Å². The maximum absolute atomic E-state index is 13.2. The number of ketones is 1. The van der Waals surface area contributed by atoms with Gasteiger partial charge in [-0.15, -0.1) is 0 Å². The van der Waals surface area contributed by atoms with Gasteiger partial charge in [-0.2, -0.15) is 0 Å². The van der Waals surface area contributed by atoms with E-state index in [-0.39, 0.29) is 11.3 Å². The zero-order valence-corrected chi connectivity index (χ0v) is 19.5. The molecule has 0 radical (unpaired) electrons. The van der Waals surface area contributed by atoms with Gasteiger partial charge < -0.3 is 24.4 Å². The lowest BCUT2D eigenvalue weighted by Crippen LogP contribution is -2.37. The first kappa shape index (κ1) is 23.1. The lowest BCUT2D eigenvalue weighted by atomic mass is 9.94. The van der Waals surface area contributed by atoms with Crippen LogP contribution in [0.5, 0.6) is 11.5 Å². The number of aliphatic hydroxyl groups excluding tert-OH is 1. The number of hydrogen-bond donors (Lipinski definition) is 1. The first-order valence-corrected chi connectivity index (χ1v) is 11.3. The van der Waals surface area contributed by atoms with Gasteiger partial charge in [0.1, 0.15) is 5.76 Å². The number of aliphatic hydroxyl groups is 1. The molecule has 7 nitrogen and oxygen atoms in total. The van der Waals surface area contributed by atoms with Crippen LogP contribution in [-0.4, -0.2) is 67.0 Å². The summed E-state index contributed by atoms with van der Waals surface area (Å²) in [6.45, 7) is 2.95. The molecule has 0 saturated carbocycles. The highest BCUT2D eigenvalue weighted by atomic mass is 35.5. The molecule has 2 fully saturated rings. The second-order valence-electron chi connectivity index (χ2n) is 8.13. The van der Waals surface area contributed by atoms with Crippen LogP contribution in [0.1, 0.15) is 30.0 Å². The average molecular weight is 471 g/mol. The highest BCUT2D eigenvalue weighted by Crippen LogP contribution is 2.45. The van der Waals surface area contributed by atoms with Gasteiger partial charge in [0.15, 0.2) is 11.5 Å². The maximum Gasteiger partial charge on any atom is 0.295 e. The fourth-order valence-electron chi connectivity index (χ4n) is 4.58. The van der Waals surface area contributed by atoms with Crippen LogP contribution in [0.2, 0.25) is 5.02 Å². The third-order valence-corrected chi connectivity index (χ3v) is 6.49. The van der Waals surface area contributed by atoms with E-state index in [0.29, 0.717) is 40.7 Å². The van der Waals surface area contributed by atoms with Crippen LogP contribution in [0.25, 0.3) is 5.76 Å². The van der Waals surface area contributed by atoms with Gasteiger partial charge in [-0.1, -0.05) is 23.7 Å². The van der Waals surface area contributed by atoms with Gasteiger partial charge in [-0.05, 0) is 56.3 Å². The second kappa shape index (κ2) is 9.85. The number of hydrogen-bond acceptors (Lipinski definition) is 6. The number of carbonyl (C=O) groups is 2. The number of halogens is 1. The van der Waals surface area contributed by atoms with Crippen molar-refractivity contribution in [2.24, 2.45) is 0 Å². The number of nitrogens with zero attached hydrogens (tertiary/aromatic N) is 2. The molecule has 2 aliphatic rings. The molecular formula is C25H27ClN2O5. The van der Waals surface area contributed by atoms with Crippen molar-refractivity contribution in [3.63, 3.8) is 0 Å².